The second-order valence-corrected chi connectivity index (χ2v) is 9.32. The van der Waals surface area contributed by atoms with Crippen LogP contribution in [0, 0.1) is 0 Å². The minimum Gasteiger partial charge on any atom is -0.176 e. The van der Waals surface area contributed by atoms with Crippen molar-refractivity contribution < 1.29 is 24.2 Å². The van der Waals surface area contributed by atoms with Crippen molar-refractivity contribution in [3.63, 3.8) is 0 Å². The van der Waals surface area contributed by atoms with Crippen molar-refractivity contribution in [2.45, 2.75) is 13.8 Å². The Bertz CT molecular complexity index is 1070. The van der Waals surface area contributed by atoms with E-state index in [1.165, 1.54) is 35.9 Å². The Kier molecular flexibility index (Phi) is 7.46. The molecule has 5 aromatic rings. The molecule has 1 heteroatoms. The van der Waals surface area contributed by atoms with Crippen molar-refractivity contribution in [1.82, 2.24) is 0 Å². The molecule has 5 rings (SSSR count). The third-order valence-electron chi connectivity index (χ3n) is 4.29. The quantitative estimate of drug-likeness (QED) is 0.237. The van der Waals surface area contributed by atoms with Gasteiger partial charge in [0.15, 0.2) is 0 Å². The maximum atomic E-state index is 2.24. The number of fused-ring (bicyclic) bond motifs is 3. The van der Waals surface area contributed by atoms with Crippen LogP contribution in [0.1, 0.15) is 13.8 Å². The number of hydrogen-bond donors (Lipinski definition) is 0. The van der Waals surface area contributed by atoms with E-state index in [1.54, 1.807) is 24.2 Å². The van der Waals surface area contributed by atoms with Gasteiger partial charge in [0.1, 0.15) is 0 Å². The Morgan fingerprint density at radius 1 is 0.643 bits per heavy atom. The standard InChI is InChI=1S/C13H9.C11H9.C3H6.Zr/c1-3-7-12-10(5-1)9-11-6-2-4-8-13(11)12;1-2-6-10(7-3-1)11-8-4-5-9-11;1-3-2;/h1-9H;1-9H;1-2H3;/q2*-1;;+2. The summed E-state index contributed by atoms with van der Waals surface area (Å²) in [6.45, 7) is 4.25. The average Bonchev–Trinajstić information content (AvgIpc) is 3.37. The minimum absolute atomic E-state index is 1.29. The molecular weight excluding hydrogens is 416 g/mol. The number of hydrogen-bond acceptors (Lipinski definition) is 0. The van der Waals surface area contributed by atoms with E-state index in [9.17, 15) is 0 Å². The average molecular weight is 440 g/mol. The topological polar surface area (TPSA) is 0 Å². The summed E-state index contributed by atoms with van der Waals surface area (Å²) in [7, 11) is 0. The van der Waals surface area contributed by atoms with Crippen molar-refractivity contribution in [3.05, 3.63) is 109 Å². The van der Waals surface area contributed by atoms with E-state index in [0.29, 0.717) is 0 Å². The first-order chi connectivity index (χ1) is 13.6. The van der Waals surface area contributed by atoms with Crippen molar-refractivity contribution >= 4 is 24.8 Å². The van der Waals surface area contributed by atoms with Gasteiger partial charge in [-0.25, -0.2) is 0 Å². The van der Waals surface area contributed by atoms with Crippen molar-refractivity contribution in [1.29, 1.82) is 0 Å². The predicted molar refractivity (Wildman–Crippen MR) is 121 cm³/mol. The zero-order valence-corrected chi connectivity index (χ0v) is 18.9. The Morgan fingerprint density at radius 2 is 1.14 bits per heavy atom. The molecule has 0 aliphatic carbocycles. The summed E-state index contributed by atoms with van der Waals surface area (Å²) in [5, 5.41) is 5.39. The van der Waals surface area contributed by atoms with Crippen molar-refractivity contribution in [2.75, 3.05) is 0 Å². The summed E-state index contributed by atoms with van der Waals surface area (Å²) >= 11 is 1.55. The van der Waals surface area contributed by atoms with Gasteiger partial charge in [-0.2, -0.15) is 23.8 Å². The Balaban J connectivity index is 0.000000137. The second-order valence-electron chi connectivity index (χ2n) is 6.86. The van der Waals surface area contributed by atoms with Gasteiger partial charge in [-0.3, -0.25) is 0 Å². The van der Waals surface area contributed by atoms with Crippen LogP contribution in [0.15, 0.2) is 109 Å². The molecule has 0 aliphatic heterocycles. The SMILES string of the molecule is C[C](C)=[Zr+2].c1ccc(-c2ccc[cH-]2)cc1.c1ccc2c(c1)[cH-]c1ccccc12. The summed E-state index contributed by atoms with van der Waals surface area (Å²) in [6.07, 6.45) is 0. The molecule has 0 amide bonds. The van der Waals surface area contributed by atoms with Gasteiger partial charge in [-0.15, -0.1) is 51.4 Å². The van der Waals surface area contributed by atoms with E-state index in [0.717, 1.165) is 0 Å². The van der Waals surface area contributed by atoms with Crippen LogP contribution in [-0.4, -0.2) is 3.21 Å². The van der Waals surface area contributed by atoms with Crippen LogP contribution in [0.25, 0.3) is 32.7 Å². The van der Waals surface area contributed by atoms with E-state index < -0.39 is 0 Å². The summed E-state index contributed by atoms with van der Waals surface area (Å²) in [5.41, 5.74) is 2.59. The molecule has 0 spiro atoms. The molecule has 0 bridgehead atoms. The van der Waals surface area contributed by atoms with Crippen LogP contribution < -0.4 is 0 Å². The van der Waals surface area contributed by atoms with Gasteiger partial charge < -0.3 is 0 Å². The molecule has 28 heavy (non-hydrogen) atoms. The Labute approximate surface area is 182 Å². The van der Waals surface area contributed by atoms with Gasteiger partial charge in [0.25, 0.3) is 0 Å². The molecule has 0 aromatic heterocycles. The molecule has 0 fully saturated rings. The Hall–Kier alpha value is -2.37. The largest absolute Gasteiger partial charge is 0.176 e. The van der Waals surface area contributed by atoms with Gasteiger partial charge in [-0.05, 0) is 0 Å². The molecule has 0 atom stereocenters. The third-order valence-corrected chi connectivity index (χ3v) is 4.29. The Morgan fingerprint density at radius 3 is 1.64 bits per heavy atom. The fraction of sp³-hybridized carbons (Fsp3) is 0.0741. The first kappa shape index (κ1) is 20.4. The summed E-state index contributed by atoms with van der Waals surface area (Å²) in [5.74, 6) is 0. The zero-order chi connectivity index (χ0) is 19.8. The van der Waals surface area contributed by atoms with Crippen LogP contribution in [0.4, 0.5) is 0 Å². The minimum atomic E-state index is 1.29. The number of rotatable bonds is 1. The molecule has 0 nitrogen and oxygen atoms in total. The molecular formula is C27H24Zr. The van der Waals surface area contributed by atoms with Gasteiger partial charge in [-0.1, -0.05) is 66.7 Å². The van der Waals surface area contributed by atoms with Gasteiger partial charge in [0.05, 0.1) is 0 Å². The molecule has 0 unspecified atom stereocenters. The second kappa shape index (κ2) is 10.3. The predicted octanol–water partition coefficient (Wildman–Crippen LogP) is 7.53. The molecule has 0 radical (unpaired) electrons. The molecule has 0 N–H and O–H groups in total. The maximum absolute atomic E-state index is 2.24. The molecule has 0 heterocycles. The van der Waals surface area contributed by atoms with E-state index >= 15 is 0 Å². The van der Waals surface area contributed by atoms with E-state index in [2.05, 4.69) is 117 Å². The molecule has 136 valence electrons. The zero-order valence-electron chi connectivity index (χ0n) is 16.4. The van der Waals surface area contributed by atoms with Crippen molar-refractivity contribution in [2.24, 2.45) is 0 Å². The summed E-state index contributed by atoms with van der Waals surface area (Å²) in [6, 6.07) is 38.0. The molecule has 0 aliphatic rings. The fourth-order valence-corrected chi connectivity index (χ4v) is 3.10. The monoisotopic (exact) mass is 438 g/mol. The molecule has 0 saturated heterocycles. The third kappa shape index (κ3) is 5.57. The van der Waals surface area contributed by atoms with E-state index in [1.807, 2.05) is 6.07 Å². The first-order valence-electron chi connectivity index (χ1n) is 9.47. The van der Waals surface area contributed by atoms with E-state index in [-0.39, 0.29) is 0 Å². The van der Waals surface area contributed by atoms with Gasteiger partial charge >= 0.3 is 41.3 Å². The normalized spacial score (nSPS) is 10.0. The molecule has 5 aromatic carbocycles. The van der Waals surface area contributed by atoms with Gasteiger partial charge in [0.2, 0.25) is 0 Å². The number of benzene rings is 3. The fourth-order valence-electron chi connectivity index (χ4n) is 3.10. The maximum Gasteiger partial charge on any atom is -0.0638 e. The summed E-state index contributed by atoms with van der Waals surface area (Å²) < 4.78 is 1.51. The van der Waals surface area contributed by atoms with Gasteiger partial charge in [0, 0.05) is 0 Å². The van der Waals surface area contributed by atoms with Crippen LogP contribution in [0.5, 0.6) is 0 Å². The smallest absolute Gasteiger partial charge is 0.0638 e. The summed E-state index contributed by atoms with van der Waals surface area (Å²) in [4.78, 5) is 0. The van der Waals surface area contributed by atoms with Crippen molar-refractivity contribution in [3.8, 4) is 11.1 Å². The van der Waals surface area contributed by atoms with E-state index in [4.69, 9.17) is 0 Å². The van der Waals surface area contributed by atoms with Crippen LogP contribution in [0.2, 0.25) is 0 Å². The molecule has 0 saturated carbocycles. The van der Waals surface area contributed by atoms with Crippen LogP contribution >= 0.6 is 0 Å². The van der Waals surface area contributed by atoms with Crippen LogP contribution in [0.3, 0.4) is 0 Å². The first-order valence-corrected chi connectivity index (χ1v) is 10.7. The van der Waals surface area contributed by atoms with Crippen LogP contribution in [-0.2, 0) is 24.2 Å².